The van der Waals surface area contributed by atoms with Crippen molar-refractivity contribution in [3.8, 4) is 0 Å². The van der Waals surface area contributed by atoms with Gasteiger partial charge in [0.1, 0.15) is 0 Å². The summed E-state index contributed by atoms with van der Waals surface area (Å²) in [4.78, 5) is 0.0156. The van der Waals surface area contributed by atoms with Gasteiger partial charge in [-0.05, 0) is 49.9 Å². The molecule has 0 saturated heterocycles. The molecule has 1 aromatic carbocycles. The summed E-state index contributed by atoms with van der Waals surface area (Å²) in [5.74, 6) is 0. The quantitative estimate of drug-likeness (QED) is 0.764. The Balaban J connectivity index is 3.55. The van der Waals surface area contributed by atoms with Gasteiger partial charge in [-0.1, -0.05) is 13.8 Å². The minimum atomic E-state index is -3.88. The molecule has 3 N–H and O–H groups in total. The highest BCUT2D eigenvalue weighted by molar-refractivity contribution is 7.91. The molecule has 23 heavy (non-hydrogen) atoms. The maximum atomic E-state index is 12.8. The zero-order valence-corrected chi connectivity index (χ0v) is 15.9. The molecular weight excluding hydrogens is 336 g/mol. The third kappa shape index (κ3) is 4.32. The van der Waals surface area contributed by atoms with Crippen molar-refractivity contribution in [3.63, 3.8) is 0 Å². The van der Waals surface area contributed by atoms with E-state index >= 15 is 0 Å². The Labute approximate surface area is 139 Å². The highest BCUT2D eigenvalue weighted by Crippen LogP contribution is 2.27. The van der Waals surface area contributed by atoms with Gasteiger partial charge in [-0.3, -0.25) is 0 Å². The van der Waals surface area contributed by atoms with Gasteiger partial charge in [-0.2, -0.15) is 0 Å². The Kier molecular flexibility index (Phi) is 6.01. The minimum absolute atomic E-state index is 0.0161. The summed E-state index contributed by atoms with van der Waals surface area (Å²) < 4.78 is 52.1. The van der Waals surface area contributed by atoms with Gasteiger partial charge >= 0.3 is 0 Å². The van der Waals surface area contributed by atoms with Gasteiger partial charge in [0, 0.05) is 18.3 Å². The molecule has 0 unspecified atom stereocenters. The van der Waals surface area contributed by atoms with Crippen LogP contribution in [0.5, 0.6) is 0 Å². The van der Waals surface area contributed by atoms with Crippen LogP contribution in [0.4, 0.5) is 0 Å². The first kappa shape index (κ1) is 20.1. The number of benzene rings is 1. The van der Waals surface area contributed by atoms with Crippen molar-refractivity contribution in [3.05, 3.63) is 23.3 Å². The van der Waals surface area contributed by atoms with E-state index in [2.05, 4.69) is 4.72 Å². The molecule has 0 atom stereocenters. The highest BCUT2D eigenvalue weighted by atomic mass is 32.2. The number of rotatable bonds is 7. The Bertz CT molecular complexity index is 772. The number of nitrogens with two attached hydrogens (primary N) is 1. The summed E-state index contributed by atoms with van der Waals surface area (Å²) in [6.45, 7) is 7.08. The number of aryl methyl sites for hydroxylation is 1. The fraction of sp³-hybridized carbons (Fsp3) is 0.600. The number of sulfonamides is 1. The topological polar surface area (TPSA) is 106 Å². The van der Waals surface area contributed by atoms with E-state index in [1.54, 1.807) is 6.92 Å². The Morgan fingerprint density at radius 1 is 1.04 bits per heavy atom. The van der Waals surface area contributed by atoms with Crippen LogP contribution in [0, 0.1) is 13.8 Å². The molecule has 1 aromatic rings. The molecule has 0 aliphatic carbocycles. The van der Waals surface area contributed by atoms with Crippen LogP contribution in [-0.2, 0) is 19.9 Å². The lowest BCUT2D eigenvalue weighted by atomic mass is 9.95. The molecule has 6 nitrogen and oxygen atoms in total. The Morgan fingerprint density at radius 3 is 1.91 bits per heavy atom. The SMILES string of the molecule is CCC(CC)(CN)NS(=O)(=O)c1cc(C)cc(S(C)(=O)=O)c1C. The molecule has 0 aliphatic heterocycles. The standard InChI is InChI=1S/C15H26N2O4S2/c1-6-15(7-2,10-16)17-23(20,21)14-9-11(3)8-13(12(14)4)22(5,18)19/h8-9,17H,6-7,10,16H2,1-5H3. The average molecular weight is 363 g/mol. The summed E-state index contributed by atoms with van der Waals surface area (Å²) >= 11 is 0. The van der Waals surface area contributed by atoms with Gasteiger partial charge in [0.2, 0.25) is 10.0 Å². The minimum Gasteiger partial charge on any atom is -0.329 e. The van der Waals surface area contributed by atoms with Crippen molar-refractivity contribution in [2.45, 2.75) is 55.9 Å². The number of hydrogen-bond donors (Lipinski definition) is 2. The molecule has 0 heterocycles. The van der Waals surface area contributed by atoms with Gasteiger partial charge in [0.25, 0.3) is 0 Å². The van der Waals surface area contributed by atoms with Crippen LogP contribution in [0.25, 0.3) is 0 Å². The van der Waals surface area contributed by atoms with Crippen molar-refractivity contribution in [2.75, 3.05) is 12.8 Å². The van der Waals surface area contributed by atoms with E-state index in [0.29, 0.717) is 18.4 Å². The number of sulfone groups is 1. The zero-order chi connectivity index (χ0) is 18.1. The van der Waals surface area contributed by atoms with Gasteiger partial charge < -0.3 is 5.73 Å². The van der Waals surface area contributed by atoms with E-state index in [0.717, 1.165) is 6.26 Å². The van der Waals surface area contributed by atoms with E-state index < -0.39 is 25.4 Å². The van der Waals surface area contributed by atoms with E-state index in [4.69, 9.17) is 5.73 Å². The predicted octanol–water partition coefficient (Wildman–Crippen LogP) is 1.50. The van der Waals surface area contributed by atoms with E-state index in [9.17, 15) is 16.8 Å². The first-order chi connectivity index (χ1) is 10.4. The molecule has 8 heteroatoms. The van der Waals surface area contributed by atoms with Crippen molar-refractivity contribution in [2.24, 2.45) is 5.73 Å². The van der Waals surface area contributed by atoms with Gasteiger partial charge in [-0.25, -0.2) is 21.6 Å². The molecule has 0 radical (unpaired) electrons. The maximum absolute atomic E-state index is 12.8. The third-order valence-corrected chi connectivity index (χ3v) is 7.17. The van der Waals surface area contributed by atoms with E-state index in [1.165, 1.54) is 19.1 Å². The zero-order valence-electron chi connectivity index (χ0n) is 14.3. The largest absolute Gasteiger partial charge is 0.329 e. The third-order valence-electron chi connectivity index (χ3n) is 4.24. The van der Waals surface area contributed by atoms with Gasteiger partial charge in [0.05, 0.1) is 9.79 Å². The van der Waals surface area contributed by atoms with Crippen LogP contribution in [0.1, 0.15) is 37.8 Å². The first-order valence-electron chi connectivity index (χ1n) is 7.48. The van der Waals surface area contributed by atoms with Crippen LogP contribution in [0.3, 0.4) is 0 Å². The highest BCUT2D eigenvalue weighted by Gasteiger charge is 2.32. The second-order valence-electron chi connectivity index (χ2n) is 5.96. The molecule has 0 amide bonds. The summed E-state index contributed by atoms with van der Waals surface area (Å²) in [5.41, 5.74) is 5.82. The molecule has 0 spiro atoms. The van der Waals surface area contributed by atoms with Crippen molar-refractivity contribution in [1.82, 2.24) is 4.72 Å². The first-order valence-corrected chi connectivity index (χ1v) is 10.8. The summed E-state index contributed by atoms with van der Waals surface area (Å²) in [6.07, 6.45) is 2.16. The molecular formula is C15H26N2O4S2. The molecule has 132 valence electrons. The van der Waals surface area contributed by atoms with Crippen LogP contribution in [0.2, 0.25) is 0 Å². The van der Waals surface area contributed by atoms with Crippen LogP contribution in [0.15, 0.2) is 21.9 Å². The second kappa shape index (κ2) is 6.88. The number of nitrogens with one attached hydrogen (secondary N) is 1. The normalized spacial score (nSPS) is 13.3. The predicted molar refractivity (Wildman–Crippen MR) is 91.7 cm³/mol. The monoisotopic (exact) mass is 362 g/mol. The smallest absolute Gasteiger partial charge is 0.241 e. The Hall–Kier alpha value is -0.960. The molecule has 1 rings (SSSR count). The van der Waals surface area contributed by atoms with E-state index in [-0.39, 0.29) is 21.9 Å². The summed E-state index contributed by atoms with van der Waals surface area (Å²) in [7, 11) is -7.40. The van der Waals surface area contributed by atoms with Crippen molar-refractivity contribution >= 4 is 19.9 Å². The lowest BCUT2D eigenvalue weighted by Crippen LogP contribution is -2.52. The molecule has 0 saturated carbocycles. The lowest BCUT2D eigenvalue weighted by molar-refractivity contribution is 0.363. The van der Waals surface area contributed by atoms with Gasteiger partial charge in [0.15, 0.2) is 9.84 Å². The number of hydrogen-bond acceptors (Lipinski definition) is 5. The fourth-order valence-corrected chi connectivity index (χ4v) is 5.56. The molecule has 0 bridgehead atoms. The maximum Gasteiger partial charge on any atom is 0.241 e. The average Bonchev–Trinajstić information content (AvgIpc) is 2.45. The van der Waals surface area contributed by atoms with E-state index in [1.807, 2.05) is 13.8 Å². The van der Waals surface area contributed by atoms with Crippen LogP contribution >= 0.6 is 0 Å². The molecule has 0 fully saturated rings. The fourth-order valence-electron chi connectivity index (χ4n) is 2.52. The molecule has 0 aromatic heterocycles. The van der Waals surface area contributed by atoms with Gasteiger partial charge in [-0.15, -0.1) is 0 Å². The summed E-state index contributed by atoms with van der Waals surface area (Å²) in [5, 5.41) is 0. The summed E-state index contributed by atoms with van der Waals surface area (Å²) in [6, 6.07) is 2.97. The van der Waals surface area contributed by atoms with Crippen LogP contribution < -0.4 is 10.5 Å². The Morgan fingerprint density at radius 2 is 1.52 bits per heavy atom. The van der Waals surface area contributed by atoms with Crippen molar-refractivity contribution < 1.29 is 16.8 Å². The lowest BCUT2D eigenvalue weighted by Gasteiger charge is -2.31. The second-order valence-corrected chi connectivity index (χ2v) is 9.59. The van der Waals surface area contributed by atoms with Crippen molar-refractivity contribution in [1.29, 1.82) is 0 Å². The molecule has 0 aliphatic rings. The van der Waals surface area contributed by atoms with Crippen LogP contribution in [-0.4, -0.2) is 35.2 Å².